The number of benzene rings is 2. The van der Waals surface area contributed by atoms with Crippen molar-refractivity contribution in [1.29, 1.82) is 0 Å². The molecular weight excluding hydrogens is 398 g/mol. The third-order valence-electron chi connectivity index (χ3n) is 7.37. The van der Waals surface area contributed by atoms with Crippen LogP contribution in [0.4, 0.5) is 0 Å². The van der Waals surface area contributed by atoms with E-state index in [-0.39, 0.29) is 0 Å². The average Bonchev–Trinajstić information content (AvgIpc) is 3.14. The molecule has 33 heavy (non-hydrogen) atoms. The first-order chi connectivity index (χ1) is 16.3. The number of hydrogen-bond donors (Lipinski definition) is 0. The predicted molar refractivity (Wildman–Crippen MR) is 149 cm³/mol. The van der Waals surface area contributed by atoms with Gasteiger partial charge in [-0.1, -0.05) is 104 Å². The monoisotopic (exact) mass is 447 g/mol. The molecule has 0 radical (unpaired) electrons. The second-order valence-corrected chi connectivity index (χ2v) is 10.2. The molecule has 1 nitrogen and oxygen atoms in total. The molecule has 0 aliphatic carbocycles. The first-order valence-corrected chi connectivity index (χ1v) is 14.3. The van der Waals surface area contributed by atoms with Gasteiger partial charge in [-0.15, -0.1) is 0 Å². The zero-order chi connectivity index (χ0) is 23.3. The van der Waals surface area contributed by atoms with E-state index in [9.17, 15) is 0 Å². The summed E-state index contributed by atoms with van der Waals surface area (Å²) in [6, 6.07) is 14.7. The largest absolute Gasteiger partial charge is 0.340 e. The molecule has 3 rings (SSSR count). The molecule has 0 bridgehead atoms. The standard InChI is InChI=1S/C32H49N/c1-4-7-10-13-14-17-24-33-31-22-20-27(18-15-11-8-5-2)25-29(31)30-26-28(21-23-32(30)33)19-16-12-9-6-3/h20-23,25-26H,4-19,24H2,1-3H3. The molecular formula is C32H49N. The molecule has 0 atom stereocenters. The summed E-state index contributed by atoms with van der Waals surface area (Å²) in [7, 11) is 0. The third-order valence-corrected chi connectivity index (χ3v) is 7.37. The molecule has 0 saturated carbocycles. The quantitative estimate of drug-likeness (QED) is 0.181. The van der Waals surface area contributed by atoms with E-state index in [4.69, 9.17) is 0 Å². The van der Waals surface area contributed by atoms with Gasteiger partial charge in [0.25, 0.3) is 0 Å². The molecule has 0 saturated heterocycles. The Hall–Kier alpha value is -1.76. The molecule has 0 aliphatic rings. The molecule has 0 amide bonds. The van der Waals surface area contributed by atoms with Crippen molar-refractivity contribution in [1.82, 2.24) is 4.57 Å². The maximum atomic E-state index is 2.62. The Kier molecular flexibility index (Phi) is 11.4. The lowest BCUT2D eigenvalue weighted by molar-refractivity contribution is 0.571. The molecule has 1 aromatic heterocycles. The van der Waals surface area contributed by atoms with Crippen molar-refractivity contribution < 1.29 is 0 Å². The highest BCUT2D eigenvalue weighted by atomic mass is 15.0. The van der Waals surface area contributed by atoms with E-state index in [1.54, 1.807) is 0 Å². The van der Waals surface area contributed by atoms with E-state index in [0.29, 0.717) is 0 Å². The summed E-state index contributed by atoms with van der Waals surface area (Å²) < 4.78 is 2.62. The van der Waals surface area contributed by atoms with Crippen LogP contribution in [-0.2, 0) is 19.4 Å². The molecule has 182 valence electrons. The topological polar surface area (TPSA) is 4.93 Å². The Balaban J connectivity index is 1.82. The smallest absolute Gasteiger partial charge is 0.0491 e. The van der Waals surface area contributed by atoms with Gasteiger partial charge in [0, 0.05) is 28.4 Å². The van der Waals surface area contributed by atoms with Crippen LogP contribution in [0.3, 0.4) is 0 Å². The third kappa shape index (κ3) is 7.62. The Labute approximate surface area is 204 Å². The number of nitrogens with zero attached hydrogens (tertiary/aromatic N) is 1. The second kappa shape index (κ2) is 14.5. The van der Waals surface area contributed by atoms with Crippen LogP contribution in [0.1, 0.15) is 122 Å². The number of aryl methyl sites for hydroxylation is 3. The van der Waals surface area contributed by atoms with E-state index < -0.39 is 0 Å². The van der Waals surface area contributed by atoms with Gasteiger partial charge in [-0.25, -0.2) is 0 Å². The summed E-state index contributed by atoms with van der Waals surface area (Å²) in [6.45, 7) is 8.04. The summed E-state index contributed by atoms with van der Waals surface area (Å²) in [4.78, 5) is 0. The lowest BCUT2D eigenvalue weighted by atomic mass is 10.0. The molecule has 1 heterocycles. The van der Waals surface area contributed by atoms with Crippen molar-refractivity contribution in [3.8, 4) is 0 Å². The number of aromatic nitrogens is 1. The van der Waals surface area contributed by atoms with Crippen molar-refractivity contribution in [3.63, 3.8) is 0 Å². The minimum absolute atomic E-state index is 1.15. The predicted octanol–water partition coefficient (Wildman–Crippen LogP) is 10.4. The maximum absolute atomic E-state index is 2.62. The van der Waals surface area contributed by atoms with E-state index in [2.05, 4.69) is 61.7 Å². The van der Waals surface area contributed by atoms with Gasteiger partial charge in [0.15, 0.2) is 0 Å². The highest BCUT2D eigenvalue weighted by Gasteiger charge is 2.12. The molecule has 0 N–H and O–H groups in total. The summed E-state index contributed by atoms with van der Waals surface area (Å²) in [5.74, 6) is 0. The Morgan fingerprint density at radius 1 is 0.485 bits per heavy atom. The molecule has 0 spiro atoms. The minimum Gasteiger partial charge on any atom is -0.340 e. The number of fused-ring (bicyclic) bond motifs is 3. The molecule has 0 unspecified atom stereocenters. The van der Waals surface area contributed by atoms with Crippen LogP contribution < -0.4 is 0 Å². The zero-order valence-corrected chi connectivity index (χ0v) is 21.9. The van der Waals surface area contributed by atoms with Gasteiger partial charge < -0.3 is 4.57 Å². The second-order valence-electron chi connectivity index (χ2n) is 10.2. The van der Waals surface area contributed by atoms with Gasteiger partial charge in [0.2, 0.25) is 0 Å². The molecule has 0 fully saturated rings. The summed E-state index contributed by atoms with van der Waals surface area (Å²) >= 11 is 0. The first kappa shape index (κ1) is 25.9. The number of hydrogen-bond acceptors (Lipinski definition) is 0. The van der Waals surface area contributed by atoms with Crippen molar-refractivity contribution in [2.24, 2.45) is 0 Å². The highest BCUT2D eigenvalue weighted by Crippen LogP contribution is 2.32. The molecule has 0 aliphatic heterocycles. The minimum atomic E-state index is 1.15. The fraction of sp³-hybridized carbons (Fsp3) is 0.625. The fourth-order valence-corrected chi connectivity index (χ4v) is 5.31. The van der Waals surface area contributed by atoms with Gasteiger partial charge in [0.1, 0.15) is 0 Å². The normalized spacial score (nSPS) is 11.7. The lowest BCUT2D eigenvalue weighted by Gasteiger charge is -2.09. The van der Waals surface area contributed by atoms with Crippen molar-refractivity contribution in [3.05, 3.63) is 47.5 Å². The van der Waals surface area contributed by atoms with Crippen molar-refractivity contribution >= 4 is 21.8 Å². The van der Waals surface area contributed by atoms with Crippen LogP contribution in [0.25, 0.3) is 21.8 Å². The molecule has 3 aromatic rings. The van der Waals surface area contributed by atoms with Gasteiger partial charge >= 0.3 is 0 Å². The van der Waals surface area contributed by atoms with Crippen LogP contribution in [-0.4, -0.2) is 4.57 Å². The van der Waals surface area contributed by atoms with Crippen LogP contribution in [0.5, 0.6) is 0 Å². The van der Waals surface area contributed by atoms with E-state index >= 15 is 0 Å². The van der Waals surface area contributed by atoms with E-state index in [1.165, 1.54) is 136 Å². The Morgan fingerprint density at radius 3 is 1.39 bits per heavy atom. The van der Waals surface area contributed by atoms with E-state index in [0.717, 1.165) is 6.54 Å². The van der Waals surface area contributed by atoms with Crippen molar-refractivity contribution in [2.45, 2.75) is 130 Å². The first-order valence-electron chi connectivity index (χ1n) is 14.3. The van der Waals surface area contributed by atoms with Gasteiger partial charge in [-0.2, -0.15) is 0 Å². The highest BCUT2D eigenvalue weighted by molar-refractivity contribution is 6.08. The molecule has 1 heteroatoms. The number of unbranched alkanes of at least 4 members (excludes halogenated alkanes) is 11. The average molecular weight is 448 g/mol. The SMILES string of the molecule is CCCCCCCCn1c2ccc(CCCCCC)cc2c2cc(CCCCCC)ccc21. The van der Waals surface area contributed by atoms with Crippen LogP contribution in [0.15, 0.2) is 36.4 Å². The van der Waals surface area contributed by atoms with E-state index in [1.807, 2.05) is 0 Å². The number of rotatable bonds is 17. The summed E-state index contributed by atoms with van der Waals surface area (Å²) in [5, 5.41) is 2.97. The molecule has 2 aromatic carbocycles. The summed E-state index contributed by atoms with van der Waals surface area (Å²) in [5.41, 5.74) is 5.93. The zero-order valence-electron chi connectivity index (χ0n) is 21.9. The van der Waals surface area contributed by atoms with Crippen molar-refractivity contribution in [2.75, 3.05) is 0 Å². The maximum Gasteiger partial charge on any atom is 0.0491 e. The fourth-order valence-electron chi connectivity index (χ4n) is 5.31. The summed E-state index contributed by atoms with van der Waals surface area (Å²) in [6.07, 6.45) is 21.3. The van der Waals surface area contributed by atoms with Crippen LogP contribution in [0, 0.1) is 0 Å². The van der Waals surface area contributed by atoms with Crippen LogP contribution >= 0.6 is 0 Å². The van der Waals surface area contributed by atoms with Gasteiger partial charge in [-0.05, 0) is 67.5 Å². The Morgan fingerprint density at radius 2 is 0.909 bits per heavy atom. The van der Waals surface area contributed by atoms with Gasteiger partial charge in [0.05, 0.1) is 0 Å². The van der Waals surface area contributed by atoms with Crippen LogP contribution in [0.2, 0.25) is 0 Å². The van der Waals surface area contributed by atoms with Gasteiger partial charge in [-0.3, -0.25) is 0 Å². The Bertz CT molecular complexity index is 879. The lowest BCUT2D eigenvalue weighted by Crippen LogP contribution is -1.98.